The predicted octanol–water partition coefficient (Wildman–Crippen LogP) is 2.04. The first-order valence-electron chi connectivity index (χ1n) is 9.51. The zero-order valence-corrected chi connectivity index (χ0v) is 17.7. The molecule has 1 aromatic carbocycles. The Balaban J connectivity index is 1.55. The summed E-state index contributed by atoms with van der Waals surface area (Å²) in [6.07, 6.45) is 5.23. The Morgan fingerprint density at radius 1 is 1.23 bits per heavy atom. The van der Waals surface area contributed by atoms with Crippen LogP contribution in [0.15, 0.2) is 48.7 Å². The van der Waals surface area contributed by atoms with Gasteiger partial charge in [-0.25, -0.2) is 13.4 Å². The molecule has 1 N–H and O–H groups in total. The van der Waals surface area contributed by atoms with Gasteiger partial charge in [0, 0.05) is 25.9 Å². The van der Waals surface area contributed by atoms with E-state index in [9.17, 15) is 18.0 Å². The van der Waals surface area contributed by atoms with Gasteiger partial charge in [-0.1, -0.05) is 12.1 Å². The largest absolute Gasteiger partial charge is 0.333 e. The fourth-order valence-electron chi connectivity index (χ4n) is 3.06. The monoisotopic (exact) mass is 428 g/mol. The summed E-state index contributed by atoms with van der Waals surface area (Å²) in [6.45, 7) is 2.28. The van der Waals surface area contributed by atoms with Gasteiger partial charge in [-0.3, -0.25) is 13.9 Å². The van der Waals surface area contributed by atoms with Crippen LogP contribution in [0.3, 0.4) is 0 Å². The van der Waals surface area contributed by atoms with Gasteiger partial charge in [0.1, 0.15) is 5.82 Å². The van der Waals surface area contributed by atoms with Crippen molar-refractivity contribution < 1.29 is 18.0 Å². The van der Waals surface area contributed by atoms with Crippen LogP contribution in [-0.4, -0.2) is 56.0 Å². The second kappa shape index (κ2) is 9.08. The number of nitrogens with zero attached hydrogens (tertiary/aromatic N) is 3. The second-order valence-electron chi connectivity index (χ2n) is 7.13. The molecule has 2 amide bonds. The van der Waals surface area contributed by atoms with Crippen molar-refractivity contribution in [2.24, 2.45) is 0 Å². The lowest BCUT2D eigenvalue weighted by Gasteiger charge is -2.16. The Morgan fingerprint density at radius 3 is 2.60 bits per heavy atom. The molecule has 3 rings (SSSR count). The average molecular weight is 429 g/mol. The number of anilines is 2. The van der Waals surface area contributed by atoms with Crippen LogP contribution in [0, 0.1) is 6.92 Å². The molecule has 1 fully saturated rings. The fourth-order valence-corrected chi connectivity index (χ4v) is 4.62. The fraction of sp³-hybridized carbons (Fsp3) is 0.286. The first-order valence-corrected chi connectivity index (χ1v) is 11.1. The van der Waals surface area contributed by atoms with Gasteiger partial charge in [-0.15, -0.1) is 0 Å². The molecule has 1 aliphatic heterocycles. The van der Waals surface area contributed by atoms with Crippen molar-refractivity contribution in [1.29, 1.82) is 0 Å². The van der Waals surface area contributed by atoms with Crippen molar-refractivity contribution in [2.75, 3.05) is 35.5 Å². The third-order valence-corrected chi connectivity index (χ3v) is 6.51. The van der Waals surface area contributed by atoms with E-state index < -0.39 is 10.0 Å². The summed E-state index contributed by atoms with van der Waals surface area (Å²) in [5, 5.41) is 2.66. The van der Waals surface area contributed by atoms with Crippen LogP contribution < -0.4 is 9.62 Å². The Labute approximate surface area is 176 Å². The Bertz CT molecular complexity index is 1060. The van der Waals surface area contributed by atoms with Gasteiger partial charge < -0.3 is 10.2 Å². The van der Waals surface area contributed by atoms with Crippen LogP contribution in [0.4, 0.5) is 11.5 Å². The van der Waals surface area contributed by atoms with E-state index in [-0.39, 0.29) is 24.1 Å². The summed E-state index contributed by atoms with van der Waals surface area (Å²) in [4.78, 5) is 29.7. The van der Waals surface area contributed by atoms with Gasteiger partial charge >= 0.3 is 0 Å². The number of carbonyl (C=O) groups excluding carboxylic acids is 2. The molecule has 0 saturated carbocycles. The van der Waals surface area contributed by atoms with Crippen molar-refractivity contribution in [3.63, 3.8) is 0 Å². The second-order valence-corrected chi connectivity index (χ2v) is 9.14. The van der Waals surface area contributed by atoms with Crippen LogP contribution >= 0.6 is 0 Å². The number of hydrogen-bond acceptors (Lipinski definition) is 5. The minimum Gasteiger partial charge on any atom is -0.333 e. The van der Waals surface area contributed by atoms with Crippen molar-refractivity contribution in [2.45, 2.75) is 13.3 Å². The molecule has 0 aliphatic carbocycles. The van der Waals surface area contributed by atoms with Crippen molar-refractivity contribution in [3.8, 4) is 0 Å². The highest BCUT2D eigenvalue weighted by atomic mass is 32.2. The van der Waals surface area contributed by atoms with Crippen molar-refractivity contribution in [1.82, 2.24) is 9.88 Å². The number of pyridine rings is 1. The first-order chi connectivity index (χ1) is 14.2. The molecular formula is C21H24N4O4S. The lowest BCUT2D eigenvalue weighted by molar-refractivity contribution is -0.129. The molecular weight excluding hydrogens is 404 g/mol. The highest BCUT2D eigenvalue weighted by molar-refractivity contribution is 7.93. The molecule has 9 heteroatoms. The van der Waals surface area contributed by atoms with Gasteiger partial charge in [-0.2, -0.15) is 0 Å². The van der Waals surface area contributed by atoms with E-state index in [1.165, 1.54) is 22.3 Å². The zero-order valence-electron chi connectivity index (χ0n) is 16.9. The number of amides is 2. The SMILES string of the molecule is Cc1ccnc(NC(=O)CN(C)C(=O)/C=C/c2ccc(N3CCCS3(=O)=O)cc2)c1. The topological polar surface area (TPSA) is 99.7 Å². The molecule has 8 nitrogen and oxygen atoms in total. The summed E-state index contributed by atoms with van der Waals surface area (Å²) in [6, 6.07) is 10.5. The van der Waals surface area contributed by atoms with E-state index in [4.69, 9.17) is 0 Å². The third kappa shape index (κ3) is 5.44. The number of rotatable bonds is 6. The highest BCUT2D eigenvalue weighted by Crippen LogP contribution is 2.24. The van der Waals surface area contributed by atoms with Crippen LogP contribution in [0.2, 0.25) is 0 Å². The van der Waals surface area contributed by atoms with E-state index in [0.29, 0.717) is 24.5 Å². The number of aromatic nitrogens is 1. The van der Waals surface area contributed by atoms with Gasteiger partial charge in [0.2, 0.25) is 21.8 Å². The Hall–Kier alpha value is -3.20. The summed E-state index contributed by atoms with van der Waals surface area (Å²) < 4.78 is 25.4. The normalized spacial score (nSPS) is 15.3. The first kappa shape index (κ1) is 21.5. The summed E-state index contributed by atoms with van der Waals surface area (Å²) in [5.74, 6) is -0.0539. The van der Waals surface area contributed by atoms with Crippen LogP contribution in [0.5, 0.6) is 0 Å². The molecule has 0 spiro atoms. The maximum Gasteiger partial charge on any atom is 0.246 e. The Morgan fingerprint density at radius 2 is 1.97 bits per heavy atom. The summed E-state index contributed by atoms with van der Waals surface area (Å²) in [5.41, 5.74) is 2.35. The van der Waals surface area contributed by atoms with E-state index >= 15 is 0 Å². The number of likely N-dealkylation sites (N-methyl/N-ethyl adjacent to an activating group) is 1. The number of aryl methyl sites for hydroxylation is 1. The quantitative estimate of drug-likeness (QED) is 0.710. The number of carbonyl (C=O) groups is 2. The van der Waals surface area contributed by atoms with Gasteiger partial charge in [0.15, 0.2) is 0 Å². The van der Waals surface area contributed by atoms with Crippen LogP contribution in [0.1, 0.15) is 17.5 Å². The van der Waals surface area contributed by atoms with Gasteiger partial charge in [0.05, 0.1) is 18.0 Å². The highest BCUT2D eigenvalue weighted by Gasteiger charge is 2.28. The summed E-state index contributed by atoms with van der Waals surface area (Å²) >= 11 is 0. The maximum atomic E-state index is 12.3. The predicted molar refractivity (Wildman–Crippen MR) is 116 cm³/mol. The minimum absolute atomic E-state index is 0.107. The standard InChI is InChI=1S/C21H24N4O4S/c1-16-10-11-22-19(14-16)23-20(26)15-24(2)21(27)9-6-17-4-7-18(8-5-17)25-12-3-13-30(25,28)29/h4-11,14H,3,12-13,15H2,1-2H3,(H,22,23,26)/b9-6+. The van der Waals surface area contributed by atoms with E-state index in [2.05, 4.69) is 10.3 Å². The lowest BCUT2D eigenvalue weighted by Crippen LogP contribution is -2.34. The molecule has 2 heterocycles. The van der Waals surface area contributed by atoms with Crippen molar-refractivity contribution >= 4 is 39.4 Å². The zero-order chi connectivity index (χ0) is 21.7. The molecule has 2 aromatic rings. The molecule has 0 atom stereocenters. The summed E-state index contributed by atoms with van der Waals surface area (Å²) in [7, 11) is -1.68. The average Bonchev–Trinajstić information content (AvgIpc) is 3.05. The van der Waals surface area contributed by atoms with Gasteiger partial charge in [-0.05, 0) is 54.8 Å². The van der Waals surface area contributed by atoms with E-state index in [1.807, 2.05) is 13.0 Å². The molecule has 0 bridgehead atoms. The molecule has 1 aliphatic rings. The smallest absolute Gasteiger partial charge is 0.246 e. The molecule has 1 saturated heterocycles. The van der Waals surface area contributed by atoms with Gasteiger partial charge in [0.25, 0.3) is 0 Å². The third-order valence-electron chi connectivity index (χ3n) is 4.64. The maximum absolute atomic E-state index is 12.3. The molecule has 1 aromatic heterocycles. The number of benzene rings is 1. The molecule has 158 valence electrons. The van der Waals surface area contributed by atoms with Crippen LogP contribution in [-0.2, 0) is 19.6 Å². The van der Waals surface area contributed by atoms with Crippen molar-refractivity contribution in [3.05, 3.63) is 59.8 Å². The minimum atomic E-state index is -3.21. The van der Waals surface area contributed by atoms with E-state index in [1.54, 1.807) is 42.6 Å². The molecule has 0 radical (unpaired) electrons. The number of nitrogens with one attached hydrogen (secondary N) is 1. The lowest BCUT2D eigenvalue weighted by atomic mass is 10.2. The Kier molecular flexibility index (Phi) is 6.51. The molecule has 0 unspecified atom stereocenters. The van der Waals surface area contributed by atoms with Crippen LogP contribution in [0.25, 0.3) is 6.08 Å². The van der Waals surface area contributed by atoms with E-state index in [0.717, 1.165) is 11.1 Å². The number of sulfonamides is 1. The number of hydrogen-bond donors (Lipinski definition) is 1. The molecule has 30 heavy (non-hydrogen) atoms.